The van der Waals surface area contributed by atoms with Crippen LogP contribution in [0.5, 0.6) is 5.75 Å². The Kier molecular flexibility index (Phi) is 6.80. The van der Waals surface area contributed by atoms with Gasteiger partial charge in [-0.2, -0.15) is 0 Å². The van der Waals surface area contributed by atoms with Crippen LogP contribution in [-0.2, 0) is 11.3 Å². The third-order valence-corrected chi connectivity index (χ3v) is 9.72. The summed E-state index contributed by atoms with van der Waals surface area (Å²) in [4.78, 5) is 18.0. The van der Waals surface area contributed by atoms with E-state index in [9.17, 15) is 23.1 Å². The zero-order valence-corrected chi connectivity index (χ0v) is 24.0. The number of carboxylic acids is 1. The number of aromatic nitrogens is 2. The summed E-state index contributed by atoms with van der Waals surface area (Å²) in [7, 11) is 0. The van der Waals surface area contributed by atoms with Gasteiger partial charge in [0.25, 0.3) is 0 Å². The van der Waals surface area contributed by atoms with Gasteiger partial charge in [0.15, 0.2) is 10.9 Å². The fourth-order valence-electron chi connectivity index (χ4n) is 6.02. The molecule has 42 heavy (non-hydrogen) atoms. The molecule has 7 rings (SSSR count). The molecule has 220 valence electrons. The molecule has 2 bridgehead atoms. The minimum Gasteiger partial charge on any atom is -0.478 e. The van der Waals surface area contributed by atoms with Crippen molar-refractivity contribution in [3.8, 4) is 17.0 Å². The van der Waals surface area contributed by atoms with E-state index in [-0.39, 0.29) is 35.8 Å². The smallest absolute Gasteiger partial charge is 0.478 e. The highest BCUT2D eigenvalue weighted by atomic mass is 35.5. The van der Waals surface area contributed by atoms with Crippen molar-refractivity contribution in [2.45, 2.75) is 56.7 Å². The third-order valence-electron chi connectivity index (χ3n) is 8.05. The van der Waals surface area contributed by atoms with Crippen molar-refractivity contribution in [3.63, 3.8) is 0 Å². The first-order chi connectivity index (χ1) is 20.1. The number of anilines is 1. The molecular formula is C28H22Cl2F3N3O5S. The van der Waals surface area contributed by atoms with Crippen LogP contribution in [-0.4, -0.2) is 46.3 Å². The van der Waals surface area contributed by atoms with Gasteiger partial charge in [-0.1, -0.05) is 45.8 Å². The van der Waals surface area contributed by atoms with Crippen LogP contribution in [0.2, 0.25) is 10.0 Å². The number of halogens is 5. The Bertz CT molecular complexity index is 1690. The summed E-state index contributed by atoms with van der Waals surface area (Å²) in [6, 6.07) is 7.54. The van der Waals surface area contributed by atoms with Crippen molar-refractivity contribution in [3.05, 3.63) is 57.3 Å². The van der Waals surface area contributed by atoms with Gasteiger partial charge in [0.05, 0.1) is 33.0 Å². The fraction of sp³-hybridized carbons (Fsp3) is 0.393. The number of hydrogen-bond donors (Lipinski definition) is 1. The van der Waals surface area contributed by atoms with E-state index < -0.39 is 18.1 Å². The Morgan fingerprint density at radius 1 is 1.19 bits per heavy atom. The Morgan fingerprint density at radius 2 is 1.95 bits per heavy atom. The SMILES string of the molecule is O=C(O)c1cc(OC(F)(F)F)c2nc(N3C[C@@H]4C[C@H]3C[C@H]4OCc3c(-c4c(Cl)cccc4Cl)noc3C3CC3)sc2c1. The zero-order valence-electron chi connectivity index (χ0n) is 21.7. The maximum Gasteiger partial charge on any atom is 0.573 e. The van der Waals surface area contributed by atoms with Crippen molar-refractivity contribution in [1.29, 1.82) is 0 Å². The average molecular weight is 640 g/mol. The van der Waals surface area contributed by atoms with Crippen LogP contribution in [0.1, 0.15) is 53.3 Å². The molecule has 3 atom stereocenters. The number of carbonyl (C=O) groups is 1. The second-order valence-corrected chi connectivity index (χ2v) is 12.6. The summed E-state index contributed by atoms with van der Waals surface area (Å²) in [5, 5.41) is 15.2. The minimum absolute atomic E-state index is 0.0151. The second kappa shape index (κ2) is 10.3. The first kappa shape index (κ1) is 27.8. The molecule has 3 heterocycles. The van der Waals surface area contributed by atoms with Gasteiger partial charge in [-0.05, 0) is 49.9 Å². The molecule has 1 saturated heterocycles. The van der Waals surface area contributed by atoms with Crippen molar-refractivity contribution >= 4 is 55.9 Å². The number of fused-ring (bicyclic) bond motifs is 3. The number of piperidine rings is 1. The number of ether oxygens (including phenoxy) is 2. The van der Waals surface area contributed by atoms with Crippen LogP contribution < -0.4 is 9.64 Å². The second-order valence-electron chi connectivity index (χ2n) is 10.8. The highest BCUT2D eigenvalue weighted by molar-refractivity contribution is 7.22. The monoisotopic (exact) mass is 639 g/mol. The number of aromatic carboxylic acids is 1. The van der Waals surface area contributed by atoms with Crippen LogP contribution in [0.4, 0.5) is 18.3 Å². The number of thiazole rings is 1. The lowest BCUT2D eigenvalue weighted by Crippen LogP contribution is -2.38. The summed E-state index contributed by atoms with van der Waals surface area (Å²) in [6.45, 7) is 0.899. The number of carboxylic acid groups (broad SMARTS) is 1. The lowest BCUT2D eigenvalue weighted by Gasteiger charge is -2.31. The minimum atomic E-state index is -4.98. The molecule has 2 aromatic heterocycles. The van der Waals surface area contributed by atoms with E-state index in [1.54, 1.807) is 18.2 Å². The summed E-state index contributed by atoms with van der Waals surface area (Å²) in [5.74, 6) is -0.692. The number of alkyl halides is 3. The highest BCUT2D eigenvalue weighted by Gasteiger charge is 2.47. The largest absolute Gasteiger partial charge is 0.573 e. The van der Waals surface area contributed by atoms with Gasteiger partial charge in [-0.3, -0.25) is 0 Å². The topological polar surface area (TPSA) is 97.9 Å². The molecule has 1 aliphatic heterocycles. The van der Waals surface area contributed by atoms with Gasteiger partial charge in [0.1, 0.15) is 17.0 Å². The molecule has 4 aromatic rings. The standard InChI is InChI=1S/C28H22Cl2F3N3O5S/c29-17-2-1-3-18(30)22(17)23-16(25(41-35-23)12-4-5-12)11-39-19-9-15-6-14(19)10-36(15)27-34-24-20(40-28(31,32)33)7-13(26(37)38)8-21(24)42-27/h1-3,7-8,12,14-15,19H,4-6,9-11H2,(H,37,38)/t14-,15-,19+/m0/s1. The summed E-state index contributed by atoms with van der Waals surface area (Å²) in [5.41, 5.74) is 1.74. The van der Waals surface area contributed by atoms with Gasteiger partial charge in [0, 0.05) is 35.5 Å². The molecule has 1 N–H and O–H groups in total. The molecule has 0 amide bonds. The number of rotatable bonds is 8. The van der Waals surface area contributed by atoms with Crippen molar-refractivity contribution in [1.82, 2.24) is 10.1 Å². The highest BCUT2D eigenvalue weighted by Crippen LogP contribution is 2.48. The van der Waals surface area contributed by atoms with Gasteiger partial charge >= 0.3 is 12.3 Å². The van der Waals surface area contributed by atoms with Crippen molar-refractivity contribution in [2.24, 2.45) is 5.92 Å². The third kappa shape index (κ3) is 5.08. The first-order valence-corrected chi connectivity index (χ1v) is 14.9. The predicted octanol–water partition coefficient (Wildman–Crippen LogP) is 7.92. The van der Waals surface area contributed by atoms with Crippen LogP contribution >= 0.6 is 34.5 Å². The Hall–Kier alpha value is -3.06. The maximum absolute atomic E-state index is 13.0. The normalized spacial score (nSPS) is 21.9. The summed E-state index contributed by atoms with van der Waals surface area (Å²) in [6.07, 6.45) is -1.43. The molecule has 3 fully saturated rings. The Labute approximate surface area is 250 Å². The Balaban J connectivity index is 1.10. The molecule has 3 aliphatic rings. The molecule has 14 heteroatoms. The molecule has 0 spiro atoms. The number of nitrogens with zero attached hydrogens (tertiary/aromatic N) is 3. The molecule has 2 aliphatic carbocycles. The fourth-order valence-corrected chi connectivity index (χ4v) is 7.70. The van der Waals surface area contributed by atoms with Crippen molar-refractivity contribution < 1.29 is 37.1 Å². The van der Waals surface area contributed by atoms with E-state index in [1.807, 2.05) is 0 Å². The first-order valence-electron chi connectivity index (χ1n) is 13.3. The quantitative estimate of drug-likeness (QED) is 0.208. The molecule has 2 aromatic carbocycles. The lowest BCUT2D eigenvalue weighted by molar-refractivity contribution is -0.274. The number of benzene rings is 2. The van der Waals surface area contributed by atoms with Crippen LogP contribution in [0, 0.1) is 5.92 Å². The van der Waals surface area contributed by atoms with Gasteiger partial charge in [-0.15, -0.1) is 13.2 Å². The van der Waals surface area contributed by atoms with Crippen LogP contribution in [0.3, 0.4) is 0 Å². The average Bonchev–Trinajstić information content (AvgIpc) is 3.25. The predicted molar refractivity (Wildman–Crippen MR) is 150 cm³/mol. The van der Waals surface area contributed by atoms with Gasteiger partial charge < -0.3 is 24.0 Å². The van der Waals surface area contributed by atoms with Crippen LogP contribution in [0.25, 0.3) is 21.5 Å². The summed E-state index contributed by atoms with van der Waals surface area (Å²) >= 11 is 14.1. The van der Waals surface area contributed by atoms with E-state index in [1.165, 1.54) is 6.07 Å². The van der Waals surface area contributed by atoms with E-state index >= 15 is 0 Å². The molecule has 0 unspecified atom stereocenters. The molecule has 0 radical (unpaired) electrons. The van der Waals surface area contributed by atoms with E-state index in [2.05, 4.69) is 19.8 Å². The van der Waals surface area contributed by atoms with E-state index in [4.69, 9.17) is 32.5 Å². The van der Waals surface area contributed by atoms with Gasteiger partial charge in [-0.25, -0.2) is 9.78 Å². The van der Waals surface area contributed by atoms with E-state index in [0.29, 0.717) is 50.0 Å². The molecule has 8 nitrogen and oxygen atoms in total. The summed E-state index contributed by atoms with van der Waals surface area (Å²) < 4.78 is 55.8. The van der Waals surface area contributed by atoms with Crippen LogP contribution in [0.15, 0.2) is 34.9 Å². The molecule has 2 saturated carbocycles. The Morgan fingerprint density at radius 3 is 2.60 bits per heavy atom. The lowest BCUT2D eigenvalue weighted by atomic mass is 10.0. The zero-order chi connectivity index (χ0) is 29.3. The van der Waals surface area contributed by atoms with E-state index in [0.717, 1.165) is 48.0 Å². The van der Waals surface area contributed by atoms with Gasteiger partial charge in [0.2, 0.25) is 0 Å². The number of hydrogen-bond acceptors (Lipinski definition) is 8. The molecular weight excluding hydrogens is 618 g/mol. The maximum atomic E-state index is 13.0. The van der Waals surface area contributed by atoms with Crippen molar-refractivity contribution in [2.75, 3.05) is 11.4 Å².